The van der Waals surface area contributed by atoms with E-state index >= 15 is 0 Å². The standard InChI is InChI=1S/Mo.H3NP2.4O.Zn/c;2-1-3;;;;;/h;2H,3H2;;;;;/q;;;;2*-1;+2. The van der Waals surface area contributed by atoms with Crippen molar-refractivity contribution in [1.29, 1.82) is 0 Å². The predicted octanol–water partition coefficient (Wildman–Crippen LogP) is -1.52. The van der Waals surface area contributed by atoms with Crippen LogP contribution >= 0.6 is 18.4 Å². The Balaban J connectivity index is -0.0000000800. The fraction of sp³-hybridized carbons (Fsp3) is 0. The number of nitrogens with zero attached hydrogens (tertiary/aromatic N) is 1. The summed E-state index contributed by atoms with van der Waals surface area (Å²) in [7, 11) is 4.89. The maximum absolute atomic E-state index is 8.63. The van der Waals surface area contributed by atoms with Crippen LogP contribution in [0.15, 0.2) is 4.52 Å². The first kappa shape index (κ1) is 16.8. The van der Waals surface area contributed by atoms with Crippen molar-refractivity contribution in [1.82, 2.24) is 0 Å². The van der Waals surface area contributed by atoms with Gasteiger partial charge >= 0.3 is 50.5 Å². The normalized spacial score (nSPS) is 7.89. The Labute approximate surface area is 73.3 Å². The Kier molecular flexibility index (Phi) is 17.4. The van der Waals surface area contributed by atoms with E-state index < -0.39 is 16.7 Å². The molecule has 0 aliphatic carbocycles. The molecule has 0 rings (SSSR count). The summed E-state index contributed by atoms with van der Waals surface area (Å²) in [5, 5.41) is 0. The SMILES string of the molecule is P=NP.[O]=[Mo](=[O])([O-])[O-].[Zn+2]. The second-order valence-electron chi connectivity index (χ2n) is 0.537. The summed E-state index contributed by atoms with van der Waals surface area (Å²) in [6.45, 7) is 0. The van der Waals surface area contributed by atoms with Crippen molar-refractivity contribution in [2.24, 2.45) is 4.52 Å². The molecule has 0 aromatic rings. The summed E-state index contributed by atoms with van der Waals surface area (Å²) in [6, 6.07) is 0. The topological polar surface area (TPSA) is 92.6 Å². The average molecular weight is 304 g/mol. The van der Waals surface area contributed by atoms with Crippen molar-refractivity contribution in [3.8, 4) is 0 Å². The Morgan fingerprint density at radius 1 is 1.44 bits per heavy atom. The van der Waals surface area contributed by atoms with Crippen molar-refractivity contribution in [3.05, 3.63) is 0 Å². The molecule has 0 aromatic carbocycles. The van der Waals surface area contributed by atoms with Crippen molar-refractivity contribution < 1.29 is 50.5 Å². The van der Waals surface area contributed by atoms with Crippen LogP contribution in [0.3, 0.4) is 0 Å². The van der Waals surface area contributed by atoms with Gasteiger partial charge in [-0.15, -0.1) is 0 Å². The van der Waals surface area contributed by atoms with Gasteiger partial charge in [0, 0.05) is 0 Å². The molecule has 0 N–H and O–H groups in total. The van der Waals surface area contributed by atoms with E-state index in [0.717, 1.165) is 0 Å². The molecule has 0 saturated heterocycles. The second-order valence-corrected chi connectivity index (χ2v) is 3.58. The minimum atomic E-state index is -6.02. The third-order valence-electron chi connectivity index (χ3n) is 0. The van der Waals surface area contributed by atoms with Crippen LogP contribution in [0.2, 0.25) is 0 Å². The molecule has 1 unspecified atom stereocenters. The molecule has 0 fully saturated rings. The van der Waals surface area contributed by atoms with E-state index in [1.807, 2.05) is 0 Å². The van der Waals surface area contributed by atoms with Crippen LogP contribution in [0, 0.1) is 0 Å². The first-order valence-corrected chi connectivity index (χ1v) is 5.39. The molecule has 0 radical (unpaired) electrons. The third kappa shape index (κ3) is 274. The van der Waals surface area contributed by atoms with E-state index in [1.54, 1.807) is 0 Å². The van der Waals surface area contributed by atoms with Gasteiger partial charge in [0.2, 0.25) is 0 Å². The summed E-state index contributed by atoms with van der Waals surface area (Å²) in [4.78, 5) is 0. The van der Waals surface area contributed by atoms with Gasteiger partial charge in [-0.05, 0) is 18.4 Å². The van der Waals surface area contributed by atoms with E-state index in [1.165, 1.54) is 0 Å². The maximum Gasteiger partial charge on any atom is 2.00 e. The summed E-state index contributed by atoms with van der Waals surface area (Å²) >= 11 is -6.02. The van der Waals surface area contributed by atoms with E-state index in [4.69, 9.17) is 14.3 Å². The molecule has 1 atom stereocenters. The zero-order valence-corrected chi connectivity index (χ0v) is 11.4. The molecule has 0 saturated carbocycles. The summed E-state index contributed by atoms with van der Waals surface area (Å²) < 4.78 is 37.7. The molecule has 0 bridgehead atoms. The van der Waals surface area contributed by atoms with Gasteiger partial charge in [-0.3, -0.25) is 4.52 Å². The van der Waals surface area contributed by atoms with Gasteiger partial charge in [0.1, 0.15) is 0 Å². The Hall–Kier alpha value is 1.36. The van der Waals surface area contributed by atoms with Crippen molar-refractivity contribution in [2.75, 3.05) is 0 Å². The van der Waals surface area contributed by atoms with Gasteiger partial charge < -0.3 is 0 Å². The molecule has 0 aliphatic heterocycles. The number of hydrogen-bond acceptors (Lipinski definition) is 5. The van der Waals surface area contributed by atoms with E-state index in [0.29, 0.717) is 0 Å². The fourth-order valence-corrected chi connectivity index (χ4v) is 0. The molecule has 0 heterocycles. The summed E-state index contributed by atoms with van der Waals surface area (Å²) in [5.74, 6) is 0. The molecule has 0 aliphatic rings. The smallest absolute Gasteiger partial charge is 2.00 e. The van der Waals surface area contributed by atoms with Gasteiger partial charge in [-0.1, -0.05) is 0 Å². The molecular formula is H3MoNO4P2Zn. The molecule has 9 heavy (non-hydrogen) atoms. The molecule has 5 nitrogen and oxygen atoms in total. The Morgan fingerprint density at radius 2 is 1.44 bits per heavy atom. The van der Waals surface area contributed by atoms with Crippen LogP contribution in [0.25, 0.3) is 0 Å². The maximum atomic E-state index is 8.63. The predicted molar refractivity (Wildman–Crippen MR) is 21.8 cm³/mol. The minimum Gasteiger partial charge on any atom is 2.00 e. The molecular weight excluding hydrogens is 301 g/mol. The van der Waals surface area contributed by atoms with E-state index in [9.17, 15) is 0 Å². The van der Waals surface area contributed by atoms with E-state index in [2.05, 4.69) is 22.9 Å². The zero-order chi connectivity index (χ0) is 7.21. The van der Waals surface area contributed by atoms with Crippen molar-refractivity contribution in [2.45, 2.75) is 0 Å². The first-order valence-electron chi connectivity index (χ1n) is 1.15. The number of rotatable bonds is 0. The molecule has 0 spiro atoms. The summed E-state index contributed by atoms with van der Waals surface area (Å²) in [5.41, 5.74) is 0. The van der Waals surface area contributed by atoms with Crippen LogP contribution in [-0.2, 0) is 43.0 Å². The molecule has 0 aromatic heterocycles. The van der Waals surface area contributed by atoms with Gasteiger partial charge in [0.15, 0.2) is 0 Å². The largest absolute Gasteiger partial charge is 2.00 e. The van der Waals surface area contributed by atoms with Crippen LogP contribution in [0.1, 0.15) is 0 Å². The minimum absolute atomic E-state index is 0. The van der Waals surface area contributed by atoms with Crippen LogP contribution in [0.4, 0.5) is 0 Å². The molecule has 0 amide bonds. The average Bonchev–Trinajstić information content (AvgIpc) is 1.27. The van der Waals surface area contributed by atoms with Crippen LogP contribution in [-0.4, -0.2) is 0 Å². The van der Waals surface area contributed by atoms with Gasteiger partial charge in [-0.2, -0.15) is 0 Å². The second kappa shape index (κ2) is 9.36. The van der Waals surface area contributed by atoms with Crippen molar-refractivity contribution >= 4 is 18.4 Å². The Morgan fingerprint density at radius 3 is 1.44 bits per heavy atom. The van der Waals surface area contributed by atoms with Crippen molar-refractivity contribution in [3.63, 3.8) is 0 Å². The van der Waals surface area contributed by atoms with Gasteiger partial charge in [0.25, 0.3) is 0 Å². The number of hydrogen-bond donors (Lipinski definition) is 0. The van der Waals surface area contributed by atoms with E-state index in [-0.39, 0.29) is 19.5 Å². The van der Waals surface area contributed by atoms with Gasteiger partial charge in [-0.25, -0.2) is 0 Å². The third-order valence-corrected chi connectivity index (χ3v) is 0. The summed E-state index contributed by atoms with van der Waals surface area (Å²) in [6.07, 6.45) is 0. The van der Waals surface area contributed by atoms with Crippen LogP contribution < -0.4 is 7.52 Å². The monoisotopic (exact) mass is 305 g/mol. The Bertz CT molecular complexity index is 133. The van der Waals surface area contributed by atoms with Gasteiger partial charge in [0.05, 0.1) is 0 Å². The van der Waals surface area contributed by atoms with Crippen LogP contribution in [0.5, 0.6) is 0 Å². The molecule has 9 heteroatoms. The first-order chi connectivity index (χ1) is 3.41. The fourth-order valence-electron chi connectivity index (χ4n) is 0. The quantitative estimate of drug-likeness (QED) is 0.401. The molecule has 50 valence electrons. The zero-order valence-electron chi connectivity index (χ0n) is 4.27.